The van der Waals surface area contributed by atoms with Crippen LogP contribution in [0.5, 0.6) is 0 Å². The van der Waals surface area contributed by atoms with Gasteiger partial charge in [0.25, 0.3) is 5.91 Å². The van der Waals surface area contributed by atoms with E-state index in [0.29, 0.717) is 16.6 Å². The Bertz CT molecular complexity index is 660. The number of hydrogen-bond donors (Lipinski definition) is 2. The highest BCUT2D eigenvalue weighted by Crippen LogP contribution is 2.29. The molecule has 0 aliphatic rings. The first-order chi connectivity index (χ1) is 8.90. The van der Waals surface area contributed by atoms with Crippen molar-refractivity contribution in [1.82, 2.24) is 10.2 Å². The SMILES string of the molecule is CC(C)Nc1c(C(N)=O)nnc2cc(F)c(Br)cc12. The fourth-order valence-corrected chi connectivity index (χ4v) is 2.05. The summed E-state index contributed by atoms with van der Waals surface area (Å²) in [5, 5.41) is 11.3. The molecule has 0 radical (unpaired) electrons. The van der Waals surface area contributed by atoms with Crippen LogP contribution in [0, 0.1) is 5.82 Å². The number of nitrogens with one attached hydrogen (secondary N) is 1. The van der Waals surface area contributed by atoms with Crippen LogP contribution >= 0.6 is 15.9 Å². The number of aromatic nitrogens is 2. The Hall–Kier alpha value is -1.76. The Morgan fingerprint density at radius 2 is 2.11 bits per heavy atom. The Morgan fingerprint density at radius 3 is 2.68 bits per heavy atom. The summed E-state index contributed by atoms with van der Waals surface area (Å²) in [6, 6.07) is 2.87. The number of carbonyl (C=O) groups excluding carboxylic acids is 1. The number of rotatable bonds is 3. The summed E-state index contributed by atoms with van der Waals surface area (Å²) in [5.74, 6) is -1.12. The lowest BCUT2D eigenvalue weighted by Gasteiger charge is -2.14. The molecule has 1 aromatic carbocycles. The van der Waals surface area contributed by atoms with Crippen molar-refractivity contribution in [3.05, 3.63) is 28.1 Å². The van der Waals surface area contributed by atoms with E-state index in [1.54, 1.807) is 6.07 Å². The van der Waals surface area contributed by atoms with Crippen molar-refractivity contribution in [1.29, 1.82) is 0 Å². The van der Waals surface area contributed by atoms with Crippen molar-refractivity contribution in [2.24, 2.45) is 5.73 Å². The number of primary amides is 1. The van der Waals surface area contributed by atoms with E-state index in [2.05, 4.69) is 31.4 Å². The van der Waals surface area contributed by atoms with Crippen molar-refractivity contribution >= 4 is 38.4 Å². The van der Waals surface area contributed by atoms with Gasteiger partial charge in [-0.3, -0.25) is 4.79 Å². The van der Waals surface area contributed by atoms with Gasteiger partial charge in [0.1, 0.15) is 5.82 Å². The number of nitrogens with zero attached hydrogens (tertiary/aromatic N) is 2. The number of anilines is 1. The number of nitrogens with two attached hydrogens (primary N) is 1. The highest BCUT2D eigenvalue weighted by Gasteiger charge is 2.17. The van der Waals surface area contributed by atoms with Crippen molar-refractivity contribution in [3.63, 3.8) is 0 Å². The van der Waals surface area contributed by atoms with Gasteiger partial charge >= 0.3 is 0 Å². The quantitative estimate of drug-likeness (QED) is 0.907. The summed E-state index contributed by atoms with van der Waals surface area (Å²) < 4.78 is 13.8. The van der Waals surface area contributed by atoms with Gasteiger partial charge in [-0.05, 0) is 35.8 Å². The molecule has 100 valence electrons. The first kappa shape index (κ1) is 13.7. The average Bonchev–Trinajstić information content (AvgIpc) is 2.30. The number of halogens is 2. The highest BCUT2D eigenvalue weighted by molar-refractivity contribution is 9.10. The molecule has 0 unspecified atom stereocenters. The van der Waals surface area contributed by atoms with Crippen molar-refractivity contribution in [2.75, 3.05) is 5.32 Å². The summed E-state index contributed by atoms with van der Waals surface area (Å²) in [5.41, 5.74) is 6.14. The Labute approximate surface area is 117 Å². The van der Waals surface area contributed by atoms with Gasteiger partial charge < -0.3 is 11.1 Å². The van der Waals surface area contributed by atoms with Gasteiger partial charge in [-0.25, -0.2) is 4.39 Å². The smallest absolute Gasteiger partial charge is 0.271 e. The van der Waals surface area contributed by atoms with E-state index in [4.69, 9.17) is 5.73 Å². The van der Waals surface area contributed by atoms with Crippen LogP contribution in [0.3, 0.4) is 0 Å². The number of amides is 1. The lowest BCUT2D eigenvalue weighted by Crippen LogP contribution is -2.20. The van der Waals surface area contributed by atoms with E-state index in [0.717, 1.165) is 0 Å². The predicted molar refractivity (Wildman–Crippen MR) is 74.5 cm³/mol. The molecule has 3 N–H and O–H groups in total. The lowest BCUT2D eigenvalue weighted by molar-refractivity contribution is 0.0995. The van der Waals surface area contributed by atoms with Crippen LogP contribution in [0.4, 0.5) is 10.1 Å². The largest absolute Gasteiger partial charge is 0.380 e. The van der Waals surface area contributed by atoms with Gasteiger partial charge in [0.15, 0.2) is 5.69 Å². The molecule has 0 saturated heterocycles. The molecule has 1 heterocycles. The van der Waals surface area contributed by atoms with Gasteiger partial charge in [-0.2, -0.15) is 0 Å². The summed E-state index contributed by atoms with van der Waals surface area (Å²) >= 11 is 3.11. The summed E-state index contributed by atoms with van der Waals surface area (Å²) in [6.07, 6.45) is 0. The van der Waals surface area contributed by atoms with Crippen molar-refractivity contribution < 1.29 is 9.18 Å². The summed E-state index contributed by atoms with van der Waals surface area (Å²) in [4.78, 5) is 11.4. The van der Waals surface area contributed by atoms with Crippen LogP contribution in [0.15, 0.2) is 16.6 Å². The minimum atomic E-state index is -0.682. The fraction of sp³-hybridized carbons (Fsp3) is 0.250. The Morgan fingerprint density at radius 1 is 1.42 bits per heavy atom. The van der Waals surface area contributed by atoms with Crippen LogP contribution in [0.25, 0.3) is 10.9 Å². The zero-order valence-corrected chi connectivity index (χ0v) is 12.0. The molecule has 7 heteroatoms. The Kier molecular flexibility index (Phi) is 3.66. The van der Waals surface area contributed by atoms with E-state index >= 15 is 0 Å². The molecule has 0 bridgehead atoms. The van der Waals surface area contributed by atoms with Crippen LogP contribution in [-0.4, -0.2) is 22.1 Å². The molecule has 0 aliphatic carbocycles. The van der Waals surface area contributed by atoms with Gasteiger partial charge in [0.05, 0.1) is 15.7 Å². The van der Waals surface area contributed by atoms with Crippen LogP contribution in [0.1, 0.15) is 24.3 Å². The number of benzene rings is 1. The number of carbonyl (C=O) groups is 1. The molecule has 2 rings (SSSR count). The van der Waals surface area contributed by atoms with E-state index in [-0.39, 0.29) is 16.2 Å². The molecule has 5 nitrogen and oxygen atoms in total. The van der Waals surface area contributed by atoms with Crippen LogP contribution in [-0.2, 0) is 0 Å². The second-order valence-corrected chi connectivity index (χ2v) is 5.22. The van der Waals surface area contributed by atoms with Crippen LogP contribution < -0.4 is 11.1 Å². The highest BCUT2D eigenvalue weighted by atomic mass is 79.9. The first-order valence-electron chi connectivity index (χ1n) is 5.62. The third-order valence-corrected chi connectivity index (χ3v) is 3.08. The second-order valence-electron chi connectivity index (χ2n) is 4.37. The van der Waals surface area contributed by atoms with Gasteiger partial charge in [0.2, 0.25) is 0 Å². The zero-order chi connectivity index (χ0) is 14.2. The van der Waals surface area contributed by atoms with Gasteiger partial charge in [0, 0.05) is 17.5 Å². The minimum absolute atomic E-state index is 0.0414. The standard InChI is InChI=1S/C12H12BrFN4O/c1-5(2)16-10-6-3-7(13)8(14)4-9(6)17-18-11(10)12(15)19/h3-5H,1-2H3,(H2,15,19)(H,16,17). The van der Waals surface area contributed by atoms with E-state index in [1.165, 1.54) is 6.07 Å². The molecule has 0 fully saturated rings. The third kappa shape index (κ3) is 2.65. The number of hydrogen-bond acceptors (Lipinski definition) is 4. The molecule has 0 spiro atoms. The van der Waals surface area contributed by atoms with Crippen molar-refractivity contribution in [2.45, 2.75) is 19.9 Å². The predicted octanol–water partition coefficient (Wildman–Crippen LogP) is 2.45. The number of fused-ring (bicyclic) bond motifs is 1. The molecule has 2 aromatic rings. The third-order valence-electron chi connectivity index (χ3n) is 2.47. The van der Waals surface area contributed by atoms with Crippen molar-refractivity contribution in [3.8, 4) is 0 Å². The van der Waals surface area contributed by atoms with E-state index in [1.807, 2.05) is 13.8 Å². The topological polar surface area (TPSA) is 80.9 Å². The van der Waals surface area contributed by atoms with E-state index < -0.39 is 11.7 Å². The zero-order valence-electron chi connectivity index (χ0n) is 10.4. The summed E-state index contributed by atoms with van der Waals surface area (Å²) in [6.45, 7) is 3.82. The molecule has 0 atom stereocenters. The van der Waals surface area contributed by atoms with Crippen LogP contribution in [0.2, 0.25) is 0 Å². The first-order valence-corrected chi connectivity index (χ1v) is 6.41. The normalized spacial score (nSPS) is 11.0. The molecule has 1 amide bonds. The lowest BCUT2D eigenvalue weighted by atomic mass is 10.1. The summed E-state index contributed by atoms with van der Waals surface area (Å²) in [7, 11) is 0. The molecular weight excluding hydrogens is 315 g/mol. The van der Waals surface area contributed by atoms with E-state index in [9.17, 15) is 9.18 Å². The molecular formula is C12H12BrFN4O. The second kappa shape index (κ2) is 5.08. The maximum atomic E-state index is 13.5. The maximum absolute atomic E-state index is 13.5. The maximum Gasteiger partial charge on any atom is 0.271 e. The van der Waals surface area contributed by atoms with Gasteiger partial charge in [-0.1, -0.05) is 0 Å². The molecule has 0 saturated carbocycles. The van der Waals surface area contributed by atoms with Gasteiger partial charge in [-0.15, -0.1) is 10.2 Å². The fourth-order valence-electron chi connectivity index (χ4n) is 1.71. The molecule has 0 aliphatic heterocycles. The molecule has 19 heavy (non-hydrogen) atoms. The average molecular weight is 327 g/mol. The Balaban J connectivity index is 2.78. The monoisotopic (exact) mass is 326 g/mol. The minimum Gasteiger partial charge on any atom is -0.380 e. The molecule has 1 aromatic heterocycles.